The molecular formula is C12H9ClN2O6S. The van der Waals surface area contributed by atoms with E-state index in [0.29, 0.717) is 11.1 Å². The van der Waals surface area contributed by atoms with Gasteiger partial charge in [0.15, 0.2) is 17.0 Å². The molecule has 3 rings (SSSR count). The van der Waals surface area contributed by atoms with Crippen LogP contribution in [0.5, 0.6) is 5.75 Å². The summed E-state index contributed by atoms with van der Waals surface area (Å²) < 4.78 is 30.0. The average Bonchev–Trinajstić information content (AvgIpc) is 2.79. The molecule has 22 heavy (non-hydrogen) atoms. The molecule has 0 bridgehead atoms. The SMILES string of the molecule is O=C1C=C(S(=O)(=O)c2oc3ccc(Cl)cc3c2O)NNC1O. The first-order chi connectivity index (χ1) is 10.3. The number of aliphatic hydroxyl groups excluding tert-OH is 1. The van der Waals surface area contributed by atoms with Crippen LogP contribution in [0.15, 0.2) is 38.8 Å². The van der Waals surface area contributed by atoms with E-state index >= 15 is 0 Å². The van der Waals surface area contributed by atoms with Crippen LogP contribution in [0.3, 0.4) is 0 Å². The molecule has 0 aliphatic carbocycles. The van der Waals surface area contributed by atoms with Crippen LogP contribution in [0.1, 0.15) is 0 Å². The Hall–Kier alpha value is -2.07. The number of hydrazine groups is 1. The van der Waals surface area contributed by atoms with Gasteiger partial charge in [0.25, 0.3) is 14.9 Å². The van der Waals surface area contributed by atoms with Gasteiger partial charge >= 0.3 is 0 Å². The van der Waals surface area contributed by atoms with Gasteiger partial charge in [-0.1, -0.05) is 11.6 Å². The predicted octanol–water partition coefficient (Wildman–Crippen LogP) is 0.402. The molecule has 1 atom stereocenters. The Kier molecular flexibility index (Phi) is 3.37. The number of nitrogens with one attached hydrogen (secondary N) is 2. The predicted molar refractivity (Wildman–Crippen MR) is 75.4 cm³/mol. The second-order valence-corrected chi connectivity index (χ2v) is 6.72. The fourth-order valence-corrected chi connectivity index (χ4v) is 3.32. The third kappa shape index (κ3) is 2.24. The summed E-state index contributed by atoms with van der Waals surface area (Å²) in [7, 11) is -4.33. The van der Waals surface area contributed by atoms with Crippen molar-refractivity contribution in [1.29, 1.82) is 0 Å². The maximum Gasteiger partial charge on any atom is 0.267 e. The summed E-state index contributed by atoms with van der Waals surface area (Å²) in [6, 6.07) is 4.24. The van der Waals surface area contributed by atoms with Gasteiger partial charge in [0.2, 0.25) is 5.78 Å². The number of hydrogen-bond donors (Lipinski definition) is 4. The van der Waals surface area contributed by atoms with E-state index in [0.717, 1.165) is 0 Å². The third-order valence-corrected chi connectivity index (χ3v) is 4.80. The molecule has 0 amide bonds. The van der Waals surface area contributed by atoms with E-state index in [1.54, 1.807) is 0 Å². The fourth-order valence-electron chi connectivity index (χ4n) is 1.92. The van der Waals surface area contributed by atoms with Crippen LogP contribution in [0.25, 0.3) is 11.0 Å². The quantitative estimate of drug-likeness (QED) is 0.616. The Labute approximate surface area is 128 Å². The number of carbonyl (C=O) groups is 1. The van der Waals surface area contributed by atoms with Gasteiger partial charge in [0.1, 0.15) is 5.58 Å². The lowest BCUT2D eigenvalue weighted by molar-refractivity contribution is -0.125. The van der Waals surface area contributed by atoms with Crippen molar-refractivity contribution in [1.82, 2.24) is 10.9 Å². The van der Waals surface area contributed by atoms with Crippen LogP contribution in [0.4, 0.5) is 0 Å². The van der Waals surface area contributed by atoms with Crippen LogP contribution in [0.2, 0.25) is 5.02 Å². The van der Waals surface area contributed by atoms with Crippen molar-refractivity contribution in [2.45, 2.75) is 11.3 Å². The number of carbonyl (C=O) groups excluding carboxylic acids is 1. The van der Waals surface area contributed by atoms with Gasteiger partial charge in [0, 0.05) is 11.1 Å². The molecule has 0 radical (unpaired) electrons. The molecule has 4 N–H and O–H groups in total. The van der Waals surface area contributed by atoms with Crippen molar-refractivity contribution in [2.75, 3.05) is 0 Å². The largest absolute Gasteiger partial charge is 0.503 e. The zero-order valence-corrected chi connectivity index (χ0v) is 12.3. The highest BCUT2D eigenvalue weighted by Gasteiger charge is 2.34. The maximum absolute atomic E-state index is 12.4. The Morgan fingerprint density at radius 2 is 2.05 bits per heavy atom. The highest BCUT2D eigenvalue weighted by Crippen LogP contribution is 2.38. The normalized spacial score (nSPS) is 19.1. The van der Waals surface area contributed by atoms with Crippen LogP contribution in [-0.2, 0) is 14.6 Å². The maximum atomic E-state index is 12.4. The Bertz CT molecular complexity index is 917. The number of sulfone groups is 1. The van der Waals surface area contributed by atoms with Gasteiger partial charge in [-0.15, -0.1) is 0 Å². The van der Waals surface area contributed by atoms with Crippen molar-refractivity contribution in [3.63, 3.8) is 0 Å². The smallest absolute Gasteiger partial charge is 0.267 e. The van der Waals surface area contributed by atoms with Gasteiger partial charge in [-0.05, 0) is 18.2 Å². The number of benzene rings is 1. The highest BCUT2D eigenvalue weighted by molar-refractivity contribution is 7.95. The summed E-state index contributed by atoms with van der Waals surface area (Å²) >= 11 is 5.79. The summed E-state index contributed by atoms with van der Waals surface area (Å²) in [5.74, 6) is -1.46. The minimum Gasteiger partial charge on any atom is -0.503 e. The zero-order chi connectivity index (χ0) is 16.1. The molecule has 0 saturated heterocycles. The molecule has 2 heterocycles. The fraction of sp³-hybridized carbons (Fsp3) is 0.0833. The summed E-state index contributed by atoms with van der Waals surface area (Å²) in [5.41, 5.74) is 4.38. The third-order valence-electron chi connectivity index (χ3n) is 3.00. The number of aromatic hydroxyl groups is 1. The number of ketones is 1. The van der Waals surface area contributed by atoms with E-state index in [9.17, 15) is 23.4 Å². The van der Waals surface area contributed by atoms with E-state index in [2.05, 4.69) is 10.9 Å². The van der Waals surface area contributed by atoms with E-state index in [1.807, 2.05) is 0 Å². The summed E-state index contributed by atoms with van der Waals surface area (Å²) in [4.78, 5) is 11.4. The Balaban J connectivity index is 2.16. The van der Waals surface area contributed by atoms with E-state index in [1.165, 1.54) is 18.2 Å². The van der Waals surface area contributed by atoms with Gasteiger partial charge in [-0.3, -0.25) is 4.79 Å². The summed E-state index contributed by atoms with van der Waals surface area (Å²) in [5, 5.41) is 18.4. The molecule has 8 nitrogen and oxygen atoms in total. The lowest BCUT2D eigenvalue weighted by Gasteiger charge is -2.19. The minimum absolute atomic E-state index is 0.121. The number of halogens is 1. The second kappa shape index (κ2) is 4.99. The second-order valence-electron chi connectivity index (χ2n) is 4.46. The molecule has 0 fully saturated rings. The number of furan rings is 1. The van der Waals surface area contributed by atoms with Crippen LogP contribution in [0, 0.1) is 0 Å². The van der Waals surface area contributed by atoms with Crippen molar-refractivity contribution >= 4 is 38.2 Å². The Morgan fingerprint density at radius 3 is 2.73 bits per heavy atom. The van der Waals surface area contributed by atoms with Crippen molar-refractivity contribution in [2.24, 2.45) is 0 Å². The first kappa shape index (κ1) is 14.9. The molecule has 116 valence electrons. The number of rotatable bonds is 2. The van der Waals surface area contributed by atoms with Crippen molar-refractivity contribution in [3.05, 3.63) is 34.3 Å². The van der Waals surface area contributed by atoms with Crippen LogP contribution < -0.4 is 10.9 Å². The molecule has 10 heteroatoms. The molecule has 1 aliphatic heterocycles. The van der Waals surface area contributed by atoms with Gasteiger partial charge in [0.05, 0.1) is 5.39 Å². The molecule has 2 aromatic rings. The van der Waals surface area contributed by atoms with Crippen LogP contribution >= 0.6 is 11.6 Å². The lowest BCUT2D eigenvalue weighted by atomic mass is 10.2. The molecule has 1 aromatic heterocycles. The standard InChI is InChI=1S/C12H9ClN2O6S/c13-5-1-2-8-6(3-5)10(17)12(21-8)22(19,20)9-4-7(16)11(18)15-14-9/h1-4,11,14-15,17-18H. The van der Waals surface area contributed by atoms with E-state index in [-0.39, 0.29) is 11.0 Å². The van der Waals surface area contributed by atoms with Crippen molar-refractivity contribution < 1.29 is 27.8 Å². The molecular weight excluding hydrogens is 336 g/mol. The highest BCUT2D eigenvalue weighted by atomic mass is 35.5. The number of fused-ring (bicyclic) bond motifs is 1. The molecule has 0 saturated carbocycles. The number of aliphatic hydroxyl groups is 1. The molecule has 1 aliphatic rings. The number of hydrogen-bond acceptors (Lipinski definition) is 8. The lowest BCUT2D eigenvalue weighted by Crippen LogP contribution is -2.49. The van der Waals surface area contributed by atoms with Crippen LogP contribution in [-0.4, -0.2) is 30.6 Å². The monoisotopic (exact) mass is 344 g/mol. The molecule has 0 spiro atoms. The minimum atomic E-state index is -4.33. The first-order valence-corrected chi connectivity index (χ1v) is 7.78. The van der Waals surface area contributed by atoms with Gasteiger partial charge in [-0.25, -0.2) is 13.8 Å². The molecule has 1 unspecified atom stereocenters. The van der Waals surface area contributed by atoms with E-state index in [4.69, 9.17) is 16.0 Å². The van der Waals surface area contributed by atoms with E-state index < -0.39 is 37.7 Å². The first-order valence-electron chi connectivity index (χ1n) is 5.92. The molecule has 1 aromatic carbocycles. The topological polar surface area (TPSA) is 129 Å². The van der Waals surface area contributed by atoms with Gasteiger partial charge in [-0.2, -0.15) is 0 Å². The van der Waals surface area contributed by atoms with Gasteiger partial charge < -0.3 is 20.1 Å². The Morgan fingerprint density at radius 1 is 1.32 bits per heavy atom. The van der Waals surface area contributed by atoms with Crippen molar-refractivity contribution in [3.8, 4) is 5.75 Å². The zero-order valence-electron chi connectivity index (χ0n) is 10.7. The summed E-state index contributed by atoms with van der Waals surface area (Å²) in [6.45, 7) is 0. The average molecular weight is 345 g/mol. The summed E-state index contributed by atoms with van der Waals surface area (Å²) in [6.07, 6.45) is -0.849.